The highest BCUT2D eigenvalue weighted by atomic mass is 16.6. The van der Waals surface area contributed by atoms with Crippen LogP contribution in [0.15, 0.2) is 23.5 Å². The second-order valence-corrected chi connectivity index (χ2v) is 7.16. The van der Waals surface area contributed by atoms with Crippen LogP contribution in [-0.2, 0) is 9.47 Å². The van der Waals surface area contributed by atoms with E-state index in [4.69, 9.17) is 20.9 Å². The van der Waals surface area contributed by atoms with Crippen LogP contribution in [0.4, 0.5) is 10.6 Å². The van der Waals surface area contributed by atoms with Crippen LogP contribution in [0.2, 0.25) is 0 Å². The first-order valence-corrected chi connectivity index (χ1v) is 8.68. The molecule has 0 spiro atoms. The van der Waals surface area contributed by atoms with Crippen molar-refractivity contribution in [2.75, 3.05) is 11.9 Å². The van der Waals surface area contributed by atoms with E-state index in [1.807, 2.05) is 0 Å². The average Bonchev–Trinajstić information content (AvgIpc) is 3.17. The molecule has 1 aliphatic heterocycles. The van der Waals surface area contributed by atoms with Crippen molar-refractivity contribution in [3.63, 3.8) is 0 Å². The molecule has 26 heavy (non-hydrogen) atoms. The number of carbonyl (C=O) groups is 1. The van der Waals surface area contributed by atoms with Gasteiger partial charge in [0.15, 0.2) is 11.8 Å². The number of aromatic nitrogens is 2. The third-order valence-corrected chi connectivity index (χ3v) is 5.14. The fraction of sp³-hybridized carbons (Fsp3) is 0.562. The fourth-order valence-corrected chi connectivity index (χ4v) is 3.78. The number of anilines is 1. The van der Waals surface area contributed by atoms with E-state index in [9.17, 15) is 4.79 Å². The lowest BCUT2D eigenvalue weighted by Gasteiger charge is -2.61. The maximum absolute atomic E-state index is 12.0. The highest BCUT2D eigenvalue weighted by Crippen LogP contribution is 2.56. The molecule has 2 unspecified atom stereocenters. The number of hydrogen-bond acceptors (Lipinski definition) is 6. The lowest BCUT2D eigenvalue weighted by molar-refractivity contribution is -0.0510. The molecule has 0 radical (unpaired) electrons. The molecule has 140 valence electrons. The van der Waals surface area contributed by atoms with Gasteiger partial charge in [0, 0.05) is 30.4 Å². The molecular formula is C16H23N7O3. The molecule has 4 aliphatic rings. The molecule has 4 fully saturated rings. The zero-order chi connectivity index (χ0) is 18.1. The van der Waals surface area contributed by atoms with Gasteiger partial charge >= 0.3 is 6.09 Å². The van der Waals surface area contributed by atoms with Crippen molar-refractivity contribution in [1.29, 1.82) is 0 Å². The Morgan fingerprint density at radius 2 is 2.31 bits per heavy atom. The molecule has 1 amide bonds. The maximum Gasteiger partial charge on any atom is 0.407 e. The molecule has 10 nitrogen and oxygen atoms in total. The van der Waals surface area contributed by atoms with Gasteiger partial charge in [-0.15, -0.1) is 0 Å². The van der Waals surface area contributed by atoms with E-state index < -0.39 is 0 Å². The molecule has 2 atom stereocenters. The van der Waals surface area contributed by atoms with Crippen molar-refractivity contribution in [3.8, 4) is 0 Å². The Labute approximate surface area is 150 Å². The van der Waals surface area contributed by atoms with Gasteiger partial charge in [0.2, 0.25) is 0 Å². The van der Waals surface area contributed by atoms with Gasteiger partial charge < -0.3 is 31.6 Å². The number of hydrogen-bond donors (Lipinski definition) is 5. The van der Waals surface area contributed by atoms with Crippen LogP contribution < -0.4 is 22.1 Å². The van der Waals surface area contributed by atoms with E-state index in [-0.39, 0.29) is 29.8 Å². The topological polar surface area (TPSA) is 153 Å². The summed E-state index contributed by atoms with van der Waals surface area (Å²) in [6.07, 6.45) is 5.65. The zero-order valence-electron chi connectivity index (χ0n) is 14.3. The minimum absolute atomic E-state index is 0.0190. The lowest BCUT2D eigenvalue weighted by atomic mass is 9.50. The van der Waals surface area contributed by atoms with Crippen molar-refractivity contribution in [1.82, 2.24) is 15.5 Å². The van der Waals surface area contributed by atoms with Crippen LogP contribution >= 0.6 is 0 Å². The van der Waals surface area contributed by atoms with E-state index in [0.29, 0.717) is 18.8 Å². The number of H-pyrrole nitrogens is 1. The molecule has 1 aromatic heterocycles. The molecule has 1 saturated heterocycles. The van der Waals surface area contributed by atoms with Crippen LogP contribution in [0, 0.1) is 5.92 Å². The lowest BCUT2D eigenvalue weighted by Crippen LogP contribution is -2.68. The summed E-state index contributed by atoms with van der Waals surface area (Å²) < 4.78 is 11.2. The Morgan fingerprint density at radius 1 is 1.50 bits per heavy atom. The Kier molecular flexibility index (Phi) is 4.19. The number of nitrogens with zero attached hydrogens (tertiary/aromatic N) is 2. The van der Waals surface area contributed by atoms with Crippen molar-refractivity contribution >= 4 is 17.9 Å². The van der Waals surface area contributed by atoms with E-state index in [1.54, 1.807) is 6.07 Å². The van der Waals surface area contributed by atoms with Gasteiger partial charge in [0.05, 0.1) is 12.3 Å². The molecular weight excluding hydrogens is 338 g/mol. The monoisotopic (exact) mass is 361 g/mol. The minimum Gasteiger partial charge on any atom is -0.444 e. The third kappa shape index (κ3) is 3.32. The van der Waals surface area contributed by atoms with Crippen molar-refractivity contribution in [2.24, 2.45) is 22.4 Å². The summed E-state index contributed by atoms with van der Waals surface area (Å²) in [5.41, 5.74) is 11.7. The van der Waals surface area contributed by atoms with E-state index in [0.717, 1.165) is 30.9 Å². The normalized spacial score (nSPS) is 32.8. The molecule has 2 heterocycles. The number of amides is 1. The highest BCUT2D eigenvalue weighted by Gasteiger charge is 2.57. The summed E-state index contributed by atoms with van der Waals surface area (Å²) >= 11 is 0. The van der Waals surface area contributed by atoms with Gasteiger partial charge in [-0.25, -0.2) is 9.79 Å². The summed E-state index contributed by atoms with van der Waals surface area (Å²) in [4.78, 5) is 15.9. The first-order chi connectivity index (χ1) is 12.5. The number of alkyl carbamates (subject to hydrolysis) is 1. The molecule has 1 aromatic rings. The molecule has 3 saturated carbocycles. The van der Waals surface area contributed by atoms with E-state index >= 15 is 0 Å². The molecule has 2 bridgehead atoms. The van der Waals surface area contributed by atoms with Crippen LogP contribution in [0.25, 0.3) is 0 Å². The van der Waals surface area contributed by atoms with Gasteiger partial charge in [-0.3, -0.25) is 5.10 Å². The maximum atomic E-state index is 12.0. The summed E-state index contributed by atoms with van der Waals surface area (Å²) in [7, 11) is 0. The van der Waals surface area contributed by atoms with Gasteiger partial charge in [-0.1, -0.05) is 0 Å². The van der Waals surface area contributed by atoms with Gasteiger partial charge in [-0.2, -0.15) is 5.10 Å². The second kappa shape index (κ2) is 6.52. The van der Waals surface area contributed by atoms with Crippen molar-refractivity contribution < 1.29 is 14.3 Å². The average molecular weight is 361 g/mol. The predicted octanol–water partition coefficient (Wildman–Crippen LogP) is 0.675. The number of aliphatic imine (C=N–C) groups is 1. The standard InChI is InChI=1S/C16H23N7O3/c17-1-2-19-14(18)20-13-4-11(22-23-13)12-3-10(8-25-12)26-15(24)21-16-5-9(6-16)7-16/h1-2,4,9-10,12H,3,5-8,17H2,(H,21,24)(H4,18,19,20,22,23)/b2-1-. The van der Waals surface area contributed by atoms with Crippen LogP contribution in [-0.4, -0.2) is 40.5 Å². The summed E-state index contributed by atoms with van der Waals surface area (Å²) in [5, 5.41) is 12.8. The van der Waals surface area contributed by atoms with Gasteiger partial charge in [0.25, 0.3) is 0 Å². The van der Waals surface area contributed by atoms with Gasteiger partial charge in [0.1, 0.15) is 12.2 Å². The number of guanidine groups is 1. The number of ether oxygens (including phenoxy) is 2. The Balaban J connectivity index is 1.26. The largest absolute Gasteiger partial charge is 0.444 e. The number of rotatable bonds is 5. The summed E-state index contributed by atoms with van der Waals surface area (Å²) in [5.74, 6) is 1.49. The molecule has 7 N–H and O–H groups in total. The fourth-order valence-electron chi connectivity index (χ4n) is 3.78. The zero-order valence-corrected chi connectivity index (χ0v) is 14.3. The van der Waals surface area contributed by atoms with Crippen LogP contribution in [0.5, 0.6) is 0 Å². The first-order valence-electron chi connectivity index (χ1n) is 8.68. The van der Waals surface area contributed by atoms with Gasteiger partial charge in [-0.05, 0) is 25.2 Å². The molecule has 3 aliphatic carbocycles. The second-order valence-electron chi connectivity index (χ2n) is 7.16. The SMILES string of the molecule is N/C=C\N=C(N)Nc1cc(C2CC(OC(=O)NC34CC(C3)C4)CO2)[nH]n1. The quantitative estimate of drug-likeness (QED) is 0.382. The molecule has 0 aromatic carbocycles. The Hall–Kier alpha value is -2.75. The smallest absolute Gasteiger partial charge is 0.407 e. The number of carbonyl (C=O) groups excluding carboxylic acids is 1. The van der Waals surface area contributed by atoms with E-state index in [1.165, 1.54) is 12.4 Å². The summed E-state index contributed by atoms with van der Waals surface area (Å²) in [6.45, 7) is 0.361. The highest BCUT2D eigenvalue weighted by molar-refractivity contribution is 5.91. The molecule has 5 rings (SSSR count). The minimum atomic E-state index is -0.346. The number of nitrogens with one attached hydrogen (secondary N) is 3. The molecule has 10 heteroatoms. The Bertz CT molecular complexity index is 727. The van der Waals surface area contributed by atoms with Crippen LogP contribution in [0.1, 0.15) is 37.5 Å². The van der Waals surface area contributed by atoms with Crippen LogP contribution in [0.3, 0.4) is 0 Å². The predicted molar refractivity (Wildman–Crippen MR) is 93.9 cm³/mol. The van der Waals surface area contributed by atoms with Crippen molar-refractivity contribution in [3.05, 3.63) is 24.2 Å². The summed E-state index contributed by atoms with van der Waals surface area (Å²) in [6, 6.07) is 1.78. The first kappa shape index (κ1) is 16.7. The Morgan fingerprint density at radius 3 is 3.00 bits per heavy atom. The number of aromatic amines is 1. The number of nitrogens with two attached hydrogens (primary N) is 2. The van der Waals surface area contributed by atoms with Crippen molar-refractivity contribution in [2.45, 2.75) is 43.4 Å². The van der Waals surface area contributed by atoms with E-state index in [2.05, 4.69) is 25.8 Å². The third-order valence-electron chi connectivity index (χ3n) is 5.14.